The second kappa shape index (κ2) is 10.5. The number of piperidine rings is 1. The molecule has 1 atom stereocenters. The Morgan fingerprint density at radius 2 is 1.79 bits per heavy atom. The topological polar surface area (TPSA) is 74.8 Å². The van der Waals surface area contributed by atoms with Crippen molar-refractivity contribution in [2.24, 2.45) is 5.41 Å². The van der Waals surface area contributed by atoms with Crippen LogP contribution in [0.2, 0.25) is 5.02 Å². The van der Waals surface area contributed by atoms with Crippen molar-refractivity contribution in [2.45, 2.75) is 31.7 Å². The maximum absolute atomic E-state index is 15.2. The zero-order valence-corrected chi connectivity index (χ0v) is 22.3. The van der Waals surface area contributed by atoms with Crippen LogP contribution < -0.4 is 15.0 Å². The Morgan fingerprint density at radius 1 is 1.05 bits per heavy atom. The molecule has 0 saturated carbocycles. The van der Waals surface area contributed by atoms with Gasteiger partial charge in [0.1, 0.15) is 0 Å². The summed E-state index contributed by atoms with van der Waals surface area (Å²) >= 11 is 6.20. The van der Waals surface area contributed by atoms with Gasteiger partial charge in [-0.2, -0.15) is 0 Å². The van der Waals surface area contributed by atoms with Crippen LogP contribution >= 0.6 is 11.6 Å². The second-order valence-electron chi connectivity index (χ2n) is 10.7. The molecular weight excluding hydrogens is 519 g/mol. The van der Waals surface area contributed by atoms with E-state index in [0.717, 1.165) is 32.4 Å². The molecule has 1 aromatic heterocycles. The molecular formula is C30H30ClFN4O3. The van der Waals surface area contributed by atoms with Crippen LogP contribution in [0.1, 0.15) is 58.0 Å². The molecule has 1 spiro atoms. The lowest BCUT2D eigenvalue weighted by Crippen LogP contribution is -2.44. The molecule has 3 aromatic rings. The van der Waals surface area contributed by atoms with Crippen molar-refractivity contribution < 1.29 is 18.7 Å². The number of hydrogen-bond donors (Lipinski definition) is 1. The lowest BCUT2D eigenvalue weighted by atomic mass is 9.77. The highest BCUT2D eigenvalue weighted by molar-refractivity contribution is 6.33. The van der Waals surface area contributed by atoms with E-state index in [1.165, 1.54) is 11.8 Å². The summed E-state index contributed by atoms with van der Waals surface area (Å²) in [5.41, 5.74) is 2.46. The highest BCUT2D eigenvalue weighted by Gasteiger charge is 2.42. The number of carbonyl (C=O) groups is 2. The molecule has 2 aromatic carbocycles. The van der Waals surface area contributed by atoms with Gasteiger partial charge in [0.15, 0.2) is 11.6 Å². The molecule has 9 heteroatoms. The van der Waals surface area contributed by atoms with E-state index in [9.17, 15) is 9.59 Å². The first kappa shape index (κ1) is 25.6. The fraction of sp³-hybridized carbons (Fsp3) is 0.367. The third kappa shape index (κ3) is 5.05. The van der Waals surface area contributed by atoms with Crippen LogP contribution in [0.4, 0.5) is 10.1 Å². The van der Waals surface area contributed by atoms with Crippen LogP contribution in [0, 0.1) is 11.2 Å². The molecule has 0 aliphatic carbocycles. The fourth-order valence-corrected chi connectivity index (χ4v) is 6.32. The molecule has 1 N–H and O–H groups in total. The second-order valence-corrected chi connectivity index (χ2v) is 11.1. The van der Waals surface area contributed by atoms with Crippen LogP contribution in [0.3, 0.4) is 0 Å². The number of ether oxygens (including phenoxy) is 1. The number of benzene rings is 2. The molecule has 0 unspecified atom stereocenters. The van der Waals surface area contributed by atoms with Crippen LogP contribution in [0.25, 0.3) is 0 Å². The molecule has 39 heavy (non-hydrogen) atoms. The molecule has 6 rings (SSSR count). The summed E-state index contributed by atoms with van der Waals surface area (Å²) in [4.78, 5) is 34.8. The number of hydrogen-bond acceptors (Lipinski definition) is 5. The van der Waals surface area contributed by atoms with E-state index in [2.05, 4.69) is 15.2 Å². The Labute approximate surface area is 231 Å². The largest absolute Gasteiger partial charge is 0.490 e. The van der Waals surface area contributed by atoms with Crippen LogP contribution in [-0.2, 0) is 0 Å². The van der Waals surface area contributed by atoms with Gasteiger partial charge in [-0.15, -0.1) is 0 Å². The summed E-state index contributed by atoms with van der Waals surface area (Å²) in [6, 6.07) is 13.3. The zero-order chi connectivity index (χ0) is 27.0. The van der Waals surface area contributed by atoms with E-state index in [1.54, 1.807) is 30.3 Å². The molecule has 3 aliphatic rings. The Balaban J connectivity index is 1.15. The monoisotopic (exact) mass is 548 g/mol. The molecule has 7 nitrogen and oxygen atoms in total. The number of anilines is 1. The fourth-order valence-electron chi connectivity index (χ4n) is 6.10. The van der Waals surface area contributed by atoms with Gasteiger partial charge in [-0.3, -0.25) is 14.6 Å². The first-order chi connectivity index (χ1) is 18.9. The SMILES string of the molecule is O=C(N[C@@H]1CCOc2c(F)cc(C(=O)N3CCC4(CC3)CCN(c3ccncc3)C4)cc21)c1ccccc1Cl. The van der Waals surface area contributed by atoms with Crippen LogP contribution in [0.15, 0.2) is 60.9 Å². The van der Waals surface area contributed by atoms with E-state index in [0.29, 0.717) is 35.7 Å². The van der Waals surface area contributed by atoms with Gasteiger partial charge >= 0.3 is 0 Å². The predicted octanol–water partition coefficient (Wildman–Crippen LogP) is 5.26. The van der Waals surface area contributed by atoms with Crippen LogP contribution in [0.5, 0.6) is 5.75 Å². The predicted molar refractivity (Wildman–Crippen MR) is 147 cm³/mol. The van der Waals surface area contributed by atoms with Gasteiger partial charge in [0, 0.05) is 61.8 Å². The van der Waals surface area contributed by atoms with Crippen molar-refractivity contribution in [1.29, 1.82) is 0 Å². The van der Waals surface area contributed by atoms with Crippen molar-refractivity contribution in [3.63, 3.8) is 0 Å². The van der Waals surface area contributed by atoms with E-state index >= 15 is 4.39 Å². The lowest BCUT2D eigenvalue weighted by Gasteiger charge is -2.39. The number of halogens is 2. The van der Waals surface area contributed by atoms with E-state index in [-0.39, 0.29) is 35.1 Å². The van der Waals surface area contributed by atoms with Crippen molar-refractivity contribution in [1.82, 2.24) is 15.2 Å². The molecule has 0 radical (unpaired) electrons. The van der Waals surface area contributed by atoms with Crippen molar-refractivity contribution in [3.05, 3.63) is 88.5 Å². The average molecular weight is 549 g/mol. The van der Waals surface area contributed by atoms with Gasteiger partial charge in [-0.25, -0.2) is 4.39 Å². The van der Waals surface area contributed by atoms with Crippen molar-refractivity contribution in [2.75, 3.05) is 37.7 Å². The maximum Gasteiger partial charge on any atom is 0.253 e. The molecule has 202 valence electrons. The Morgan fingerprint density at radius 3 is 2.56 bits per heavy atom. The summed E-state index contributed by atoms with van der Waals surface area (Å²) in [7, 11) is 0. The smallest absolute Gasteiger partial charge is 0.253 e. The minimum atomic E-state index is -0.593. The van der Waals surface area contributed by atoms with Gasteiger partial charge in [-0.1, -0.05) is 23.7 Å². The first-order valence-corrected chi connectivity index (χ1v) is 13.8. The highest BCUT2D eigenvalue weighted by Crippen LogP contribution is 2.42. The molecule has 2 amide bonds. The first-order valence-electron chi connectivity index (χ1n) is 13.4. The standard InChI is InChI=1S/C30H30ClFN4O3/c31-24-4-2-1-3-22(24)28(37)34-26-7-16-39-27-23(26)17-20(18-25(27)32)29(38)35-13-8-30(9-14-35)10-15-36(19-30)21-5-11-33-12-6-21/h1-6,11-12,17-18,26H,7-10,13-16,19H2,(H,34,37)/t26-/m1/s1. The third-order valence-corrected chi connectivity index (χ3v) is 8.68. The Hall–Kier alpha value is -3.65. The molecule has 0 bridgehead atoms. The van der Waals surface area contributed by atoms with Gasteiger partial charge < -0.3 is 19.9 Å². The normalized spacial score (nSPS) is 19.9. The number of fused-ring (bicyclic) bond motifs is 1. The van der Waals surface area contributed by atoms with Gasteiger partial charge in [0.2, 0.25) is 0 Å². The number of carbonyl (C=O) groups excluding carboxylic acids is 2. The Kier molecular flexibility index (Phi) is 6.89. The highest BCUT2D eigenvalue weighted by atomic mass is 35.5. The van der Waals surface area contributed by atoms with Gasteiger partial charge in [0.25, 0.3) is 11.8 Å². The molecule has 3 aliphatic heterocycles. The number of rotatable bonds is 4. The summed E-state index contributed by atoms with van der Waals surface area (Å²) in [6.45, 7) is 3.48. The Bertz CT molecular complexity index is 1390. The van der Waals surface area contributed by atoms with Gasteiger partial charge in [0.05, 0.1) is 23.2 Å². The summed E-state index contributed by atoms with van der Waals surface area (Å²) < 4.78 is 20.8. The number of pyridine rings is 1. The summed E-state index contributed by atoms with van der Waals surface area (Å²) in [5.74, 6) is -1.06. The van der Waals surface area contributed by atoms with Crippen LogP contribution in [-0.4, -0.2) is 54.5 Å². The quantitative estimate of drug-likeness (QED) is 0.481. The van der Waals surface area contributed by atoms with Crippen molar-refractivity contribution >= 4 is 29.1 Å². The summed E-state index contributed by atoms with van der Waals surface area (Å²) in [5, 5.41) is 3.29. The zero-order valence-electron chi connectivity index (χ0n) is 21.5. The molecule has 2 fully saturated rings. The van der Waals surface area contributed by atoms with E-state index < -0.39 is 11.9 Å². The average Bonchev–Trinajstić information content (AvgIpc) is 3.37. The van der Waals surface area contributed by atoms with E-state index in [4.69, 9.17) is 16.3 Å². The molecule has 4 heterocycles. The van der Waals surface area contributed by atoms with E-state index in [1.807, 2.05) is 29.4 Å². The van der Waals surface area contributed by atoms with Gasteiger partial charge in [-0.05, 0) is 61.1 Å². The minimum Gasteiger partial charge on any atom is -0.490 e. The maximum atomic E-state index is 15.2. The summed E-state index contributed by atoms with van der Waals surface area (Å²) in [6.07, 6.45) is 7.00. The molecule has 2 saturated heterocycles. The van der Waals surface area contributed by atoms with Crippen molar-refractivity contribution in [3.8, 4) is 5.75 Å². The number of nitrogens with one attached hydrogen (secondary N) is 1. The number of nitrogens with zero attached hydrogens (tertiary/aromatic N) is 3. The number of amides is 2. The number of aromatic nitrogens is 1. The third-order valence-electron chi connectivity index (χ3n) is 8.35. The number of likely N-dealkylation sites (tertiary alicyclic amines) is 1. The lowest BCUT2D eigenvalue weighted by molar-refractivity contribution is 0.0609. The minimum absolute atomic E-state index is 0.0852.